The molecule has 2 aromatic rings. The molecule has 3 aliphatic rings. The lowest BCUT2D eigenvalue weighted by Gasteiger charge is -2.39. The van der Waals surface area contributed by atoms with E-state index in [-0.39, 0.29) is 36.7 Å². The van der Waals surface area contributed by atoms with Gasteiger partial charge < -0.3 is 25.2 Å². The second kappa shape index (κ2) is 13.6. The van der Waals surface area contributed by atoms with Crippen molar-refractivity contribution in [2.24, 2.45) is 5.92 Å². The maximum atomic E-state index is 13.8. The van der Waals surface area contributed by atoms with Crippen LogP contribution in [0.5, 0.6) is 5.75 Å². The van der Waals surface area contributed by atoms with Crippen molar-refractivity contribution < 1.29 is 23.9 Å². The summed E-state index contributed by atoms with van der Waals surface area (Å²) in [5, 5.41) is 6.16. The Kier molecular flexibility index (Phi) is 9.68. The van der Waals surface area contributed by atoms with Gasteiger partial charge in [0.2, 0.25) is 17.7 Å². The molecule has 0 aromatic heterocycles. The van der Waals surface area contributed by atoms with Crippen LogP contribution in [0.15, 0.2) is 42.5 Å². The number of carbonyl (C=O) groups is 4. The maximum absolute atomic E-state index is 13.8. The van der Waals surface area contributed by atoms with Gasteiger partial charge in [-0.15, -0.1) is 0 Å². The van der Waals surface area contributed by atoms with Crippen molar-refractivity contribution in [2.75, 3.05) is 39.3 Å². The quantitative estimate of drug-likeness (QED) is 0.568. The fourth-order valence-electron chi connectivity index (χ4n) is 6.38. The lowest BCUT2D eigenvalue weighted by molar-refractivity contribution is -0.139. The number of fused-ring (bicyclic) bond motifs is 3. The van der Waals surface area contributed by atoms with Crippen LogP contribution in [0.4, 0.5) is 0 Å². The zero-order valence-electron chi connectivity index (χ0n) is 25.5. The van der Waals surface area contributed by atoms with Gasteiger partial charge in [0, 0.05) is 25.2 Å². The van der Waals surface area contributed by atoms with Crippen molar-refractivity contribution in [2.45, 2.75) is 70.8 Å². The second-order valence-electron chi connectivity index (χ2n) is 12.4. The van der Waals surface area contributed by atoms with Crippen LogP contribution in [0.1, 0.15) is 79.4 Å². The smallest absolute Gasteiger partial charge is 0.254 e. The van der Waals surface area contributed by atoms with Gasteiger partial charge in [-0.2, -0.15) is 0 Å². The highest BCUT2D eigenvalue weighted by molar-refractivity contribution is 5.98. The number of hydrogen-bond donors (Lipinski definition) is 2. The minimum absolute atomic E-state index is 0.113. The molecule has 2 aromatic carbocycles. The minimum Gasteiger partial charge on any atom is -0.493 e. The topological polar surface area (TPSA) is 108 Å². The van der Waals surface area contributed by atoms with Crippen molar-refractivity contribution in [3.63, 3.8) is 0 Å². The van der Waals surface area contributed by atoms with Crippen LogP contribution in [-0.4, -0.2) is 72.8 Å². The zero-order chi connectivity index (χ0) is 30.4. The summed E-state index contributed by atoms with van der Waals surface area (Å²) in [6.45, 7) is 5.69. The number of hydrogen-bond acceptors (Lipinski definition) is 5. The summed E-state index contributed by atoms with van der Waals surface area (Å²) in [6.07, 6.45) is 5.83. The first-order valence-corrected chi connectivity index (χ1v) is 15.8. The predicted octanol–water partition coefficient (Wildman–Crippen LogP) is 3.59. The first-order valence-electron chi connectivity index (χ1n) is 15.8. The lowest BCUT2D eigenvalue weighted by Crippen LogP contribution is -2.60. The minimum atomic E-state index is -1.18. The average molecular weight is 589 g/mol. The number of benzene rings is 2. The van der Waals surface area contributed by atoms with E-state index < -0.39 is 5.54 Å². The summed E-state index contributed by atoms with van der Waals surface area (Å²) in [5.41, 5.74) is 2.23. The lowest BCUT2D eigenvalue weighted by atomic mass is 9.75. The molecular formula is C34H44N4O5. The molecule has 0 bridgehead atoms. The summed E-state index contributed by atoms with van der Waals surface area (Å²) < 4.78 is 5.72. The van der Waals surface area contributed by atoms with Crippen LogP contribution < -0.4 is 15.4 Å². The Bertz CT molecular complexity index is 1360. The van der Waals surface area contributed by atoms with Crippen molar-refractivity contribution >= 4 is 23.6 Å². The molecular weight excluding hydrogens is 544 g/mol. The highest BCUT2D eigenvalue weighted by atomic mass is 16.5. The molecule has 2 heterocycles. The standard InChI is InChI=1S/C34H44N4O5/c1-24(2)15-19-37-22-30(39)36-34(16-7-10-25-9-3-4-12-28(25)34)33(42)35-17-5-6-18-38(23-31(37)40)32(41)27-13-14-29-26(21-27)11-8-20-43-29/h3-4,9,12-14,21,24H,5-8,10-11,15-20,22-23H2,1-2H3,(H,35,42)(H,36,39). The number of nitrogens with zero attached hydrogens (tertiary/aromatic N) is 2. The van der Waals surface area contributed by atoms with Gasteiger partial charge in [-0.3, -0.25) is 19.2 Å². The predicted molar refractivity (Wildman–Crippen MR) is 164 cm³/mol. The normalized spacial score (nSPS) is 21.8. The number of amides is 4. The van der Waals surface area contributed by atoms with Gasteiger partial charge in [0.15, 0.2) is 0 Å². The SMILES string of the molecule is CC(C)CCN1CC(=O)NC2(CCCc3ccccc32)C(=O)NCCCCN(C(=O)c2ccc3c(c2)CCCO3)CC1=O. The van der Waals surface area contributed by atoms with Crippen LogP contribution in [0.2, 0.25) is 0 Å². The Morgan fingerprint density at radius 3 is 2.63 bits per heavy atom. The van der Waals surface area contributed by atoms with Gasteiger partial charge >= 0.3 is 0 Å². The zero-order valence-corrected chi connectivity index (χ0v) is 25.5. The number of ether oxygens (including phenoxy) is 1. The third-order valence-electron chi connectivity index (χ3n) is 8.79. The second-order valence-corrected chi connectivity index (χ2v) is 12.4. The van der Waals surface area contributed by atoms with E-state index in [4.69, 9.17) is 4.74 Å². The Balaban J connectivity index is 1.41. The van der Waals surface area contributed by atoms with Crippen molar-refractivity contribution in [1.29, 1.82) is 0 Å². The molecule has 2 N–H and O–H groups in total. The van der Waals surface area contributed by atoms with E-state index >= 15 is 0 Å². The van der Waals surface area contributed by atoms with Crippen molar-refractivity contribution in [3.8, 4) is 5.75 Å². The Hall–Kier alpha value is -3.88. The Labute approximate surface area is 254 Å². The fourth-order valence-corrected chi connectivity index (χ4v) is 6.38. The first kappa shape index (κ1) is 30.6. The van der Waals surface area contributed by atoms with Gasteiger partial charge in [-0.25, -0.2) is 0 Å². The number of nitrogens with one attached hydrogen (secondary N) is 2. The highest BCUT2D eigenvalue weighted by Crippen LogP contribution is 2.36. The maximum Gasteiger partial charge on any atom is 0.254 e. The molecule has 1 spiro atoms. The van der Waals surface area contributed by atoms with Crippen LogP contribution >= 0.6 is 0 Å². The summed E-state index contributed by atoms with van der Waals surface area (Å²) >= 11 is 0. The molecule has 230 valence electrons. The highest BCUT2D eigenvalue weighted by Gasteiger charge is 2.44. The van der Waals surface area contributed by atoms with E-state index in [9.17, 15) is 19.2 Å². The number of rotatable bonds is 4. The van der Waals surface area contributed by atoms with Gasteiger partial charge in [0.1, 0.15) is 17.8 Å². The van der Waals surface area contributed by atoms with Crippen molar-refractivity contribution in [3.05, 3.63) is 64.7 Å². The summed E-state index contributed by atoms with van der Waals surface area (Å²) in [6, 6.07) is 13.3. The molecule has 0 radical (unpaired) electrons. The van der Waals surface area contributed by atoms with Crippen LogP contribution in [0, 0.1) is 5.92 Å². The third-order valence-corrected chi connectivity index (χ3v) is 8.79. The van der Waals surface area contributed by atoms with Gasteiger partial charge in [-0.1, -0.05) is 38.1 Å². The molecule has 1 saturated heterocycles. The molecule has 5 rings (SSSR count). The van der Waals surface area contributed by atoms with E-state index in [1.807, 2.05) is 36.4 Å². The van der Waals surface area contributed by atoms with Gasteiger partial charge in [0.25, 0.3) is 5.91 Å². The molecule has 4 amide bonds. The number of carbonyl (C=O) groups excluding carboxylic acids is 4. The number of aryl methyl sites for hydroxylation is 2. The van der Waals surface area contributed by atoms with E-state index in [0.29, 0.717) is 63.4 Å². The summed E-state index contributed by atoms with van der Waals surface area (Å²) in [5.74, 6) is 0.0263. The van der Waals surface area contributed by atoms with E-state index in [2.05, 4.69) is 24.5 Å². The van der Waals surface area contributed by atoms with E-state index in [0.717, 1.165) is 48.1 Å². The molecule has 1 unspecified atom stereocenters. The van der Waals surface area contributed by atoms with Crippen LogP contribution in [-0.2, 0) is 32.8 Å². The molecule has 0 saturated carbocycles. The monoisotopic (exact) mass is 588 g/mol. The van der Waals surface area contributed by atoms with Gasteiger partial charge in [0.05, 0.1) is 13.2 Å². The molecule has 43 heavy (non-hydrogen) atoms. The first-order chi connectivity index (χ1) is 20.8. The molecule has 1 aliphatic carbocycles. The molecule has 1 atom stereocenters. The Morgan fingerprint density at radius 2 is 1.79 bits per heavy atom. The van der Waals surface area contributed by atoms with Crippen LogP contribution in [0.25, 0.3) is 0 Å². The molecule has 9 nitrogen and oxygen atoms in total. The molecule has 9 heteroatoms. The summed E-state index contributed by atoms with van der Waals surface area (Å²) in [4.78, 5) is 58.2. The molecule has 2 aliphatic heterocycles. The molecule has 1 fully saturated rings. The average Bonchev–Trinajstić information content (AvgIpc) is 3.01. The van der Waals surface area contributed by atoms with E-state index in [1.54, 1.807) is 15.9 Å². The van der Waals surface area contributed by atoms with E-state index in [1.165, 1.54) is 0 Å². The Morgan fingerprint density at radius 1 is 0.977 bits per heavy atom. The van der Waals surface area contributed by atoms with Gasteiger partial charge in [-0.05, 0) is 92.2 Å². The largest absolute Gasteiger partial charge is 0.493 e. The third kappa shape index (κ3) is 7.03. The van der Waals surface area contributed by atoms with Crippen LogP contribution in [0.3, 0.4) is 0 Å². The fraction of sp³-hybridized carbons (Fsp3) is 0.529. The summed E-state index contributed by atoms with van der Waals surface area (Å²) in [7, 11) is 0. The van der Waals surface area contributed by atoms with Crippen molar-refractivity contribution in [1.82, 2.24) is 20.4 Å².